The van der Waals surface area contributed by atoms with Gasteiger partial charge in [-0.25, -0.2) is 17.5 Å². The van der Waals surface area contributed by atoms with Gasteiger partial charge in [-0.3, -0.25) is 9.59 Å². The van der Waals surface area contributed by atoms with E-state index in [4.69, 9.17) is 4.74 Å². The molecule has 0 spiro atoms. The highest BCUT2D eigenvalue weighted by Gasteiger charge is 2.41. The van der Waals surface area contributed by atoms with Crippen molar-refractivity contribution in [3.8, 4) is 0 Å². The Bertz CT molecular complexity index is 1010. The topological polar surface area (TPSA) is 110 Å². The molecule has 1 aliphatic heterocycles. The quantitative estimate of drug-likeness (QED) is 0.780. The van der Waals surface area contributed by atoms with Gasteiger partial charge in [-0.1, -0.05) is 12.1 Å². The summed E-state index contributed by atoms with van der Waals surface area (Å²) >= 11 is 0. The Morgan fingerprint density at radius 2 is 1.74 bits per heavy atom. The highest BCUT2D eigenvalue weighted by atomic mass is 32.2. The molecule has 0 fully saturated rings. The lowest BCUT2D eigenvalue weighted by Gasteiger charge is -2.15. The summed E-state index contributed by atoms with van der Waals surface area (Å²) in [6.07, 6.45) is 0. The molecule has 0 bridgehead atoms. The molecule has 0 saturated heterocycles. The van der Waals surface area contributed by atoms with Crippen molar-refractivity contribution in [1.29, 1.82) is 0 Å². The number of ether oxygens (including phenoxy) is 1. The second-order valence-corrected chi connectivity index (χ2v) is 7.49. The normalized spacial score (nSPS) is 14.6. The number of hydrogen-bond donors (Lipinski definition) is 1. The number of rotatable bonds is 5. The lowest BCUT2D eigenvalue weighted by Crippen LogP contribution is -2.37. The van der Waals surface area contributed by atoms with Crippen LogP contribution in [0.25, 0.3) is 0 Å². The van der Waals surface area contributed by atoms with E-state index >= 15 is 0 Å². The Kier molecular flexibility index (Phi) is 4.95. The smallest absolute Gasteiger partial charge is 0.338 e. The van der Waals surface area contributed by atoms with Gasteiger partial charge in [0, 0.05) is 5.69 Å². The molecule has 3 rings (SSSR count). The number of esters is 1. The SMILES string of the molecule is CCOC(=O)c1ccc(NC(=O)CN2C(=O)c3ccccc3S2(=O)=O)cc1. The van der Waals surface area contributed by atoms with E-state index in [1.165, 1.54) is 42.5 Å². The summed E-state index contributed by atoms with van der Waals surface area (Å²) in [6, 6.07) is 11.7. The molecule has 2 aromatic rings. The van der Waals surface area contributed by atoms with Gasteiger partial charge in [0.2, 0.25) is 5.91 Å². The molecule has 27 heavy (non-hydrogen) atoms. The predicted octanol–water partition coefficient (Wildman–Crippen LogP) is 1.65. The summed E-state index contributed by atoms with van der Waals surface area (Å²) in [7, 11) is -4.05. The first-order valence-corrected chi connectivity index (χ1v) is 9.51. The number of anilines is 1. The summed E-state index contributed by atoms with van der Waals surface area (Å²) < 4.78 is 30.3. The van der Waals surface area contributed by atoms with Crippen LogP contribution in [0.2, 0.25) is 0 Å². The Morgan fingerprint density at radius 1 is 1.07 bits per heavy atom. The third-order valence-corrected chi connectivity index (χ3v) is 5.67. The van der Waals surface area contributed by atoms with Crippen LogP contribution >= 0.6 is 0 Å². The van der Waals surface area contributed by atoms with Gasteiger partial charge in [0.1, 0.15) is 11.4 Å². The molecule has 2 amide bonds. The van der Waals surface area contributed by atoms with Crippen LogP contribution in [-0.4, -0.2) is 43.7 Å². The van der Waals surface area contributed by atoms with Crippen LogP contribution < -0.4 is 5.32 Å². The average molecular weight is 388 g/mol. The largest absolute Gasteiger partial charge is 0.462 e. The Labute approximate surface area is 155 Å². The van der Waals surface area contributed by atoms with Gasteiger partial charge >= 0.3 is 5.97 Å². The maximum absolute atomic E-state index is 12.4. The highest BCUT2D eigenvalue weighted by molar-refractivity contribution is 7.90. The van der Waals surface area contributed by atoms with E-state index in [0.29, 0.717) is 15.6 Å². The summed E-state index contributed by atoms with van der Waals surface area (Å²) in [5, 5.41) is 2.50. The fourth-order valence-corrected chi connectivity index (χ4v) is 4.15. The van der Waals surface area contributed by atoms with E-state index < -0.39 is 34.4 Å². The summed E-state index contributed by atoms with van der Waals surface area (Å²) in [5.41, 5.74) is 0.723. The molecule has 0 aliphatic carbocycles. The molecule has 0 unspecified atom stereocenters. The van der Waals surface area contributed by atoms with Gasteiger partial charge in [0.25, 0.3) is 15.9 Å². The first-order chi connectivity index (χ1) is 12.8. The van der Waals surface area contributed by atoms with E-state index in [-0.39, 0.29) is 17.1 Å². The molecule has 0 aromatic heterocycles. The fourth-order valence-electron chi connectivity index (χ4n) is 2.62. The number of hydrogen-bond acceptors (Lipinski definition) is 6. The Balaban J connectivity index is 1.70. The number of sulfonamides is 1. The van der Waals surface area contributed by atoms with E-state index in [1.807, 2.05) is 0 Å². The van der Waals surface area contributed by atoms with Crippen molar-refractivity contribution in [1.82, 2.24) is 4.31 Å². The van der Waals surface area contributed by atoms with E-state index in [1.54, 1.807) is 13.0 Å². The van der Waals surface area contributed by atoms with Crippen LogP contribution in [0.5, 0.6) is 0 Å². The van der Waals surface area contributed by atoms with E-state index in [9.17, 15) is 22.8 Å². The molecule has 1 N–H and O–H groups in total. The zero-order chi connectivity index (χ0) is 19.6. The van der Waals surface area contributed by atoms with Crippen molar-refractivity contribution in [3.05, 3.63) is 59.7 Å². The van der Waals surface area contributed by atoms with Crippen molar-refractivity contribution < 1.29 is 27.5 Å². The lowest BCUT2D eigenvalue weighted by atomic mass is 10.2. The van der Waals surface area contributed by atoms with Crippen LogP contribution in [0.15, 0.2) is 53.4 Å². The molecule has 8 nitrogen and oxygen atoms in total. The van der Waals surface area contributed by atoms with Gasteiger partial charge in [0.05, 0.1) is 17.7 Å². The molecule has 9 heteroatoms. The third kappa shape index (κ3) is 3.54. The fraction of sp³-hybridized carbons (Fsp3) is 0.167. The number of carbonyl (C=O) groups is 3. The standard InChI is InChI=1S/C18H16N2O6S/c1-2-26-18(23)12-7-9-13(10-8-12)19-16(21)11-20-17(22)14-5-3-4-6-15(14)27(20,24)25/h3-10H,2,11H2,1H3,(H,19,21). The number of fused-ring (bicyclic) bond motifs is 1. The molecule has 0 atom stereocenters. The third-order valence-electron chi connectivity index (χ3n) is 3.88. The Morgan fingerprint density at radius 3 is 2.37 bits per heavy atom. The molecule has 0 radical (unpaired) electrons. The number of nitrogens with zero attached hydrogens (tertiary/aromatic N) is 1. The first kappa shape index (κ1) is 18.6. The van der Waals surface area contributed by atoms with Crippen molar-refractivity contribution >= 4 is 33.5 Å². The van der Waals surface area contributed by atoms with Gasteiger partial charge in [0.15, 0.2) is 0 Å². The molecule has 1 heterocycles. The minimum atomic E-state index is -4.05. The maximum atomic E-state index is 12.4. The number of nitrogens with one attached hydrogen (secondary N) is 1. The zero-order valence-electron chi connectivity index (χ0n) is 14.3. The van der Waals surface area contributed by atoms with Crippen molar-refractivity contribution in [2.75, 3.05) is 18.5 Å². The van der Waals surface area contributed by atoms with Crippen LogP contribution in [0.4, 0.5) is 5.69 Å². The van der Waals surface area contributed by atoms with Gasteiger partial charge in [-0.05, 0) is 43.3 Å². The zero-order valence-corrected chi connectivity index (χ0v) is 15.2. The van der Waals surface area contributed by atoms with E-state index in [2.05, 4.69) is 5.32 Å². The molecule has 0 saturated carbocycles. The number of amides is 2. The summed E-state index contributed by atoms with van der Waals surface area (Å²) in [6.45, 7) is 1.30. The summed E-state index contributed by atoms with van der Waals surface area (Å²) in [4.78, 5) is 36.0. The molecule has 1 aliphatic rings. The van der Waals surface area contributed by atoms with Gasteiger partial charge in [-0.2, -0.15) is 0 Å². The van der Waals surface area contributed by atoms with Crippen LogP contribution in [-0.2, 0) is 19.6 Å². The molecular weight excluding hydrogens is 372 g/mol. The monoisotopic (exact) mass is 388 g/mol. The first-order valence-electron chi connectivity index (χ1n) is 8.07. The minimum Gasteiger partial charge on any atom is -0.462 e. The molecule has 2 aromatic carbocycles. The second-order valence-electron chi connectivity index (χ2n) is 5.66. The maximum Gasteiger partial charge on any atom is 0.338 e. The minimum absolute atomic E-state index is 0.0455. The van der Waals surface area contributed by atoms with Crippen LogP contribution in [0.3, 0.4) is 0 Å². The molecular formula is C18H16N2O6S. The average Bonchev–Trinajstić information content (AvgIpc) is 2.84. The highest BCUT2D eigenvalue weighted by Crippen LogP contribution is 2.29. The van der Waals surface area contributed by atoms with E-state index in [0.717, 1.165) is 0 Å². The van der Waals surface area contributed by atoms with Gasteiger partial charge in [-0.15, -0.1) is 0 Å². The Hall–Kier alpha value is -3.20. The predicted molar refractivity (Wildman–Crippen MR) is 95.7 cm³/mol. The van der Waals surface area contributed by atoms with Crippen LogP contribution in [0.1, 0.15) is 27.6 Å². The number of carbonyl (C=O) groups excluding carboxylic acids is 3. The van der Waals surface area contributed by atoms with Crippen molar-refractivity contribution in [2.45, 2.75) is 11.8 Å². The van der Waals surface area contributed by atoms with Crippen LogP contribution in [0, 0.1) is 0 Å². The number of benzene rings is 2. The van der Waals surface area contributed by atoms with Crippen molar-refractivity contribution in [2.24, 2.45) is 0 Å². The molecule has 140 valence electrons. The summed E-state index contributed by atoms with van der Waals surface area (Å²) in [5.74, 6) is -1.90. The van der Waals surface area contributed by atoms with Crippen molar-refractivity contribution in [3.63, 3.8) is 0 Å². The second kappa shape index (κ2) is 7.20. The lowest BCUT2D eigenvalue weighted by molar-refractivity contribution is -0.116. The van der Waals surface area contributed by atoms with Gasteiger partial charge < -0.3 is 10.1 Å².